The average molecular weight is 245 g/mol. The summed E-state index contributed by atoms with van der Waals surface area (Å²) in [6.45, 7) is 4.01. The molecule has 1 aromatic carbocycles. The average Bonchev–Trinajstić information content (AvgIpc) is 2.67. The molecule has 0 spiro atoms. The molecule has 96 valence electrons. The quantitative estimate of drug-likeness (QED) is 0.901. The zero-order valence-electron chi connectivity index (χ0n) is 11.1. The number of hydrogen-bond donors (Lipinski definition) is 1. The molecule has 0 aliphatic heterocycles. The summed E-state index contributed by atoms with van der Waals surface area (Å²) in [6.07, 6.45) is 0.880. The molecule has 0 amide bonds. The molecule has 1 unspecified atom stereocenters. The molecule has 0 radical (unpaired) electrons. The van der Waals surface area contributed by atoms with Crippen molar-refractivity contribution < 1.29 is 4.74 Å². The third kappa shape index (κ3) is 2.54. The van der Waals surface area contributed by atoms with Gasteiger partial charge in [0.25, 0.3) is 0 Å². The van der Waals surface area contributed by atoms with Gasteiger partial charge in [-0.25, -0.2) is 4.68 Å². The summed E-state index contributed by atoms with van der Waals surface area (Å²) in [5, 5.41) is 4.26. The molecule has 0 aliphatic rings. The lowest BCUT2D eigenvalue weighted by molar-refractivity contribution is 0.421. The van der Waals surface area contributed by atoms with Gasteiger partial charge in [-0.15, -0.1) is 0 Å². The molecule has 4 nitrogen and oxygen atoms in total. The van der Waals surface area contributed by atoms with Gasteiger partial charge in [0.1, 0.15) is 5.75 Å². The van der Waals surface area contributed by atoms with Crippen LogP contribution >= 0.6 is 0 Å². The van der Waals surface area contributed by atoms with E-state index in [0.717, 1.165) is 29.3 Å². The van der Waals surface area contributed by atoms with Gasteiger partial charge in [0.2, 0.25) is 5.88 Å². The first-order valence-corrected chi connectivity index (χ1v) is 6.14. The largest absolute Gasteiger partial charge is 0.439 e. The second-order valence-corrected chi connectivity index (χ2v) is 4.40. The van der Waals surface area contributed by atoms with E-state index >= 15 is 0 Å². The highest BCUT2D eigenvalue weighted by atomic mass is 16.5. The molecule has 2 rings (SSSR count). The van der Waals surface area contributed by atoms with Gasteiger partial charge in [-0.05, 0) is 19.4 Å². The van der Waals surface area contributed by atoms with Crippen molar-refractivity contribution in [3.05, 3.63) is 41.6 Å². The van der Waals surface area contributed by atoms with Crippen molar-refractivity contribution in [1.82, 2.24) is 9.78 Å². The van der Waals surface area contributed by atoms with E-state index in [-0.39, 0.29) is 6.04 Å². The maximum Gasteiger partial charge on any atom is 0.217 e. The number of aryl methyl sites for hydroxylation is 2. The molecule has 0 fully saturated rings. The number of para-hydroxylation sites is 1. The van der Waals surface area contributed by atoms with Crippen molar-refractivity contribution in [2.45, 2.75) is 26.3 Å². The molecule has 0 saturated carbocycles. The first-order valence-electron chi connectivity index (χ1n) is 6.14. The summed E-state index contributed by atoms with van der Waals surface area (Å²) in [6, 6.07) is 9.78. The molecule has 1 heterocycles. The fourth-order valence-electron chi connectivity index (χ4n) is 1.89. The number of rotatable bonds is 4. The Hall–Kier alpha value is -1.81. The Morgan fingerprint density at radius 2 is 2.11 bits per heavy atom. The van der Waals surface area contributed by atoms with Crippen LogP contribution in [0.3, 0.4) is 0 Å². The molecular weight excluding hydrogens is 226 g/mol. The molecule has 0 aliphatic carbocycles. The van der Waals surface area contributed by atoms with Crippen LogP contribution in [0, 0.1) is 6.92 Å². The number of nitrogens with two attached hydrogens (primary N) is 1. The molecular formula is C14H19N3O. The smallest absolute Gasteiger partial charge is 0.217 e. The van der Waals surface area contributed by atoms with Crippen LogP contribution in [0.15, 0.2) is 30.3 Å². The van der Waals surface area contributed by atoms with E-state index in [0.29, 0.717) is 0 Å². The highest BCUT2D eigenvalue weighted by molar-refractivity contribution is 5.38. The van der Waals surface area contributed by atoms with E-state index in [1.807, 2.05) is 44.3 Å². The zero-order valence-corrected chi connectivity index (χ0v) is 11.1. The highest BCUT2D eigenvalue weighted by Gasteiger charge is 2.12. The SMILES string of the molecule is CCC(N)c1ccccc1Oc1cc(C)nn1C. The van der Waals surface area contributed by atoms with Crippen LogP contribution in [-0.2, 0) is 7.05 Å². The van der Waals surface area contributed by atoms with Gasteiger partial charge in [0.15, 0.2) is 0 Å². The van der Waals surface area contributed by atoms with E-state index in [1.165, 1.54) is 0 Å². The van der Waals surface area contributed by atoms with Gasteiger partial charge in [0, 0.05) is 24.7 Å². The maximum absolute atomic E-state index is 6.09. The van der Waals surface area contributed by atoms with Crippen molar-refractivity contribution >= 4 is 0 Å². The third-order valence-corrected chi connectivity index (χ3v) is 2.93. The van der Waals surface area contributed by atoms with Crippen LogP contribution in [0.5, 0.6) is 11.6 Å². The normalized spacial score (nSPS) is 12.4. The predicted octanol–water partition coefficient (Wildman–Crippen LogP) is 2.93. The van der Waals surface area contributed by atoms with Crippen molar-refractivity contribution in [3.63, 3.8) is 0 Å². The third-order valence-electron chi connectivity index (χ3n) is 2.93. The number of aromatic nitrogens is 2. The van der Waals surface area contributed by atoms with Gasteiger partial charge < -0.3 is 10.5 Å². The van der Waals surface area contributed by atoms with Gasteiger partial charge in [0.05, 0.1) is 5.69 Å². The van der Waals surface area contributed by atoms with Crippen molar-refractivity contribution in [1.29, 1.82) is 0 Å². The van der Waals surface area contributed by atoms with E-state index in [4.69, 9.17) is 10.5 Å². The van der Waals surface area contributed by atoms with Crippen molar-refractivity contribution in [2.75, 3.05) is 0 Å². The highest BCUT2D eigenvalue weighted by Crippen LogP contribution is 2.29. The zero-order chi connectivity index (χ0) is 13.1. The van der Waals surface area contributed by atoms with Gasteiger partial charge in [-0.2, -0.15) is 5.10 Å². The summed E-state index contributed by atoms with van der Waals surface area (Å²) >= 11 is 0. The van der Waals surface area contributed by atoms with E-state index in [2.05, 4.69) is 12.0 Å². The topological polar surface area (TPSA) is 53.1 Å². The lowest BCUT2D eigenvalue weighted by Crippen LogP contribution is -2.10. The summed E-state index contributed by atoms with van der Waals surface area (Å²) in [5.41, 5.74) is 8.05. The molecule has 1 atom stereocenters. The lowest BCUT2D eigenvalue weighted by Gasteiger charge is -2.15. The first kappa shape index (κ1) is 12.6. The van der Waals surface area contributed by atoms with Crippen molar-refractivity contribution in [2.24, 2.45) is 12.8 Å². The second-order valence-electron chi connectivity index (χ2n) is 4.40. The number of ether oxygens (including phenoxy) is 1. The van der Waals surface area contributed by atoms with Gasteiger partial charge >= 0.3 is 0 Å². The lowest BCUT2D eigenvalue weighted by atomic mass is 10.0. The number of benzene rings is 1. The Balaban J connectivity index is 2.31. The molecule has 2 N–H and O–H groups in total. The van der Waals surface area contributed by atoms with Crippen molar-refractivity contribution in [3.8, 4) is 11.6 Å². The minimum atomic E-state index is -0.00414. The van der Waals surface area contributed by atoms with E-state index < -0.39 is 0 Å². The van der Waals surface area contributed by atoms with Crippen LogP contribution in [0.4, 0.5) is 0 Å². The molecule has 2 aromatic rings. The monoisotopic (exact) mass is 245 g/mol. The molecule has 0 saturated heterocycles. The Morgan fingerprint density at radius 3 is 2.72 bits per heavy atom. The predicted molar refractivity (Wildman–Crippen MR) is 71.7 cm³/mol. The Morgan fingerprint density at radius 1 is 1.39 bits per heavy atom. The molecule has 0 bridgehead atoms. The molecule has 4 heteroatoms. The number of hydrogen-bond acceptors (Lipinski definition) is 3. The van der Waals surface area contributed by atoms with E-state index in [9.17, 15) is 0 Å². The summed E-state index contributed by atoms with van der Waals surface area (Å²) < 4.78 is 7.63. The van der Waals surface area contributed by atoms with Gasteiger partial charge in [-0.3, -0.25) is 0 Å². The minimum absolute atomic E-state index is 0.00414. The summed E-state index contributed by atoms with van der Waals surface area (Å²) in [5.74, 6) is 1.53. The number of nitrogens with zero attached hydrogens (tertiary/aromatic N) is 2. The Labute approximate surface area is 107 Å². The fraction of sp³-hybridized carbons (Fsp3) is 0.357. The molecule has 1 aromatic heterocycles. The fourth-order valence-corrected chi connectivity index (χ4v) is 1.89. The Bertz CT molecular complexity index is 534. The maximum atomic E-state index is 6.09. The Kier molecular flexibility index (Phi) is 3.67. The van der Waals surface area contributed by atoms with Crippen LogP contribution in [0.1, 0.15) is 30.6 Å². The molecule has 18 heavy (non-hydrogen) atoms. The summed E-state index contributed by atoms with van der Waals surface area (Å²) in [4.78, 5) is 0. The first-order chi connectivity index (χ1) is 8.61. The van der Waals surface area contributed by atoms with Crippen LogP contribution in [0.2, 0.25) is 0 Å². The standard InChI is InChI=1S/C14H19N3O/c1-4-12(15)11-7-5-6-8-13(11)18-14-9-10(2)16-17(14)3/h5-9,12H,4,15H2,1-3H3. The summed E-state index contributed by atoms with van der Waals surface area (Å²) in [7, 11) is 1.87. The van der Waals surface area contributed by atoms with Gasteiger partial charge in [-0.1, -0.05) is 25.1 Å². The second kappa shape index (κ2) is 5.23. The van der Waals surface area contributed by atoms with Crippen LogP contribution in [0.25, 0.3) is 0 Å². The van der Waals surface area contributed by atoms with Crippen LogP contribution < -0.4 is 10.5 Å². The van der Waals surface area contributed by atoms with Crippen LogP contribution in [-0.4, -0.2) is 9.78 Å². The van der Waals surface area contributed by atoms with E-state index in [1.54, 1.807) is 4.68 Å². The minimum Gasteiger partial charge on any atom is -0.439 e.